The number of fused-ring (bicyclic) bond motifs is 1. The summed E-state index contributed by atoms with van der Waals surface area (Å²) >= 11 is 0. The fraction of sp³-hybridized carbons (Fsp3) is 0.375. The number of Topliss-reactive ketones (excluding diaryl/α,β-unsaturated/α-hetero) is 1. The van der Waals surface area contributed by atoms with Crippen LogP contribution in [0.25, 0.3) is 11.0 Å². The Labute approximate surface area is 238 Å². The molecule has 0 saturated carbocycles. The van der Waals surface area contributed by atoms with E-state index in [2.05, 4.69) is 14.5 Å². The summed E-state index contributed by atoms with van der Waals surface area (Å²) in [5.41, 5.74) is 3.28. The highest BCUT2D eigenvalue weighted by atomic mass is 19.1. The maximum Gasteiger partial charge on any atom is 0.215 e. The molecule has 0 N–H and O–H groups in total. The van der Waals surface area contributed by atoms with E-state index in [4.69, 9.17) is 19.7 Å². The van der Waals surface area contributed by atoms with Crippen molar-refractivity contribution in [2.75, 3.05) is 24.6 Å². The number of anilines is 1. The fourth-order valence-corrected chi connectivity index (χ4v) is 5.55. The first-order valence-corrected chi connectivity index (χ1v) is 14.1. The van der Waals surface area contributed by atoms with Gasteiger partial charge in [-0.05, 0) is 68.5 Å². The maximum absolute atomic E-state index is 14.2. The van der Waals surface area contributed by atoms with Gasteiger partial charge in [-0.25, -0.2) is 9.37 Å². The number of ether oxygens (including phenoxy) is 2. The minimum absolute atomic E-state index is 0.0386. The molecule has 2 aromatic carbocycles. The maximum atomic E-state index is 14.2. The molecule has 0 radical (unpaired) electrons. The molecule has 41 heavy (non-hydrogen) atoms. The zero-order valence-electron chi connectivity index (χ0n) is 23.1. The number of halogens is 1. The predicted octanol–water partition coefficient (Wildman–Crippen LogP) is 5.47. The molecule has 0 amide bonds. The molecular formula is C32H32FN5O3. The number of hydrogen-bond donors (Lipinski definition) is 0. The zero-order chi connectivity index (χ0) is 28.3. The number of hydrogen-bond acceptors (Lipinski definition) is 7. The zero-order valence-corrected chi connectivity index (χ0v) is 23.1. The van der Waals surface area contributed by atoms with Gasteiger partial charge < -0.3 is 18.9 Å². The van der Waals surface area contributed by atoms with Crippen molar-refractivity contribution in [3.8, 4) is 11.9 Å². The van der Waals surface area contributed by atoms with Gasteiger partial charge in [0.05, 0.1) is 35.3 Å². The van der Waals surface area contributed by atoms with Crippen LogP contribution in [0.3, 0.4) is 0 Å². The molecular weight excluding hydrogens is 521 g/mol. The molecule has 0 unspecified atom stereocenters. The third kappa shape index (κ3) is 5.93. The quantitative estimate of drug-likeness (QED) is 0.254. The largest absolute Gasteiger partial charge is 0.473 e. The molecule has 4 aromatic rings. The molecule has 2 aromatic heterocycles. The Morgan fingerprint density at radius 1 is 1.12 bits per heavy atom. The molecule has 8 nitrogen and oxygen atoms in total. The molecule has 0 spiro atoms. The number of rotatable bonds is 9. The lowest BCUT2D eigenvalue weighted by molar-refractivity contribution is -0.0590. The van der Waals surface area contributed by atoms with Gasteiger partial charge in [-0.15, -0.1) is 0 Å². The van der Waals surface area contributed by atoms with Crippen molar-refractivity contribution in [1.29, 1.82) is 5.26 Å². The number of carbonyl (C=O) groups excluding carboxylic acids is 1. The summed E-state index contributed by atoms with van der Waals surface area (Å²) in [5.74, 6) is 2.40. The lowest BCUT2D eigenvalue weighted by Gasteiger charge is -2.33. The van der Waals surface area contributed by atoms with Crippen molar-refractivity contribution in [2.45, 2.75) is 51.9 Å². The van der Waals surface area contributed by atoms with Crippen LogP contribution in [0.4, 0.5) is 10.2 Å². The molecule has 2 aliphatic heterocycles. The molecule has 4 heterocycles. The van der Waals surface area contributed by atoms with E-state index in [1.54, 1.807) is 25.1 Å². The molecule has 2 fully saturated rings. The van der Waals surface area contributed by atoms with E-state index >= 15 is 0 Å². The molecule has 1 atom stereocenters. The van der Waals surface area contributed by atoms with E-state index in [0.29, 0.717) is 22.9 Å². The Morgan fingerprint density at radius 2 is 1.95 bits per heavy atom. The molecule has 2 aliphatic rings. The van der Waals surface area contributed by atoms with Crippen molar-refractivity contribution in [1.82, 2.24) is 14.5 Å². The van der Waals surface area contributed by atoms with Crippen LogP contribution < -0.4 is 9.64 Å². The lowest BCUT2D eigenvalue weighted by Crippen LogP contribution is -2.35. The van der Waals surface area contributed by atoms with Crippen molar-refractivity contribution in [3.05, 3.63) is 82.9 Å². The van der Waals surface area contributed by atoms with E-state index in [-0.39, 0.29) is 24.1 Å². The smallest absolute Gasteiger partial charge is 0.215 e. The number of benzene rings is 2. The van der Waals surface area contributed by atoms with E-state index in [1.807, 2.05) is 36.4 Å². The van der Waals surface area contributed by atoms with Crippen LogP contribution in [0.1, 0.15) is 53.5 Å². The van der Waals surface area contributed by atoms with Gasteiger partial charge >= 0.3 is 0 Å². The monoisotopic (exact) mass is 553 g/mol. The highest BCUT2D eigenvalue weighted by Crippen LogP contribution is 2.29. The summed E-state index contributed by atoms with van der Waals surface area (Å²) in [7, 11) is 0. The molecule has 2 saturated heterocycles. The van der Waals surface area contributed by atoms with Crippen LogP contribution in [0.2, 0.25) is 0 Å². The van der Waals surface area contributed by atoms with E-state index in [1.165, 1.54) is 6.07 Å². The second kappa shape index (κ2) is 11.7. The first kappa shape index (κ1) is 26.9. The third-order valence-electron chi connectivity index (χ3n) is 8.09. The van der Waals surface area contributed by atoms with Gasteiger partial charge in [0, 0.05) is 43.3 Å². The summed E-state index contributed by atoms with van der Waals surface area (Å²) in [6.45, 7) is 4.93. The molecule has 0 aliphatic carbocycles. The Hall–Kier alpha value is -4.29. The normalized spacial score (nSPS) is 17.3. The van der Waals surface area contributed by atoms with E-state index < -0.39 is 5.82 Å². The first-order valence-electron chi connectivity index (χ1n) is 14.1. The fourth-order valence-electron chi connectivity index (χ4n) is 5.55. The van der Waals surface area contributed by atoms with Gasteiger partial charge in [0.25, 0.3) is 0 Å². The topological polar surface area (TPSA) is 93.3 Å². The van der Waals surface area contributed by atoms with E-state index in [9.17, 15) is 9.18 Å². The minimum Gasteiger partial charge on any atom is -0.473 e. The molecule has 0 bridgehead atoms. The van der Waals surface area contributed by atoms with Gasteiger partial charge in [-0.3, -0.25) is 4.79 Å². The SMILES string of the molecule is CC(=O)c1ccc2nc(CC3CCN(c4cccc(OCc5ccc(C#N)cc5F)n4)CC3)n(C[C@@H]3CCO3)c2c1. The van der Waals surface area contributed by atoms with Crippen LogP contribution in [0, 0.1) is 23.1 Å². The second-order valence-electron chi connectivity index (χ2n) is 10.9. The van der Waals surface area contributed by atoms with Crippen LogP contribution in [0.15, 0.2) is 54.6 Å². The Bertz CT molecular complexity index is 1620. The number of carbonyl (C=O) groups is 1. The highest BCUT2D eigenvalue weighted by molar-refractivity contribution is 5.97. The predicted molar refractivity (Wildman–Crippen MR) is 152 cm³/mol. The second-order valence-corrected chi connectivity index (χ2v) is 10.9. The molecule has 210 valence electrons. The van der Waals surface area contributed by atoms with Gasteiger partial charge in [0.1, 0.15) is 24.1 Å². The van der Waals surface area contributed by atoms with Crippen molar-refractivity contribution >= 4 is 22.6 Å². The lowest BCUT2D eigenvalue weighted by atomic mass is 9.93. The van der Waals surface area contributed by atoms with Crippen molar-refractivity contribution < 1.29 is 18.7 Å². The Balaban J connectivity index is 1.10. The number of pyridine rings is 1. The summed E-state index contributed by atoms with van der Waals surface area (Å²) in [5, 5.41) is 8.93. The first-order chi connectivity index (χ1) is 20.0. The van der Waals surface area contributed by atoms with Crippen LogP contribution in [-0.4, -0.2) is 46.1 Å². The number of aromatic nitrogens is 3. The number of ketones is 1. The molecule has 6 rings (SSSR count). The number of nitriles is 1. The average Bonchev–Trinajstić information content (AvgIpc) is 3.30. The van der Waals surface area contributed by atoms with Gasteiger partial charge in [-0.1, -0.05) is 12.1 Å². The Morgan fingerprint density at radius 3 is 2.66 bits per heavy atom. The standard InChI is InChI=1S/C32H32FN5O3/c1-21(39)24-7-8-28-29(17-24)38(19-26-11-14-40-26)31(35-28)16-22-9-12-37(13-10-22)30-3-2-4-32(36-30)41-20-25-6-5-23(18-34)15-27(25)33/h2-8,15,17,22,26H,9-14,16,19-20H2,1H3/t26-/m0/s1. The summed E-state index contributed by atoms with van der Waals surface area (Å²) < 4.78 is 28.0. The summed E-state index contributed by atoms with van der Waals surface area (Å²) in [6.07, 6.45) is 4.12. The Kier molecular flexibility index (Phi) is 7.66. The summed E-state index contributed by atoms with van der Waals surface area (Å²) in [4.78, 5) is 23.9. The number of nitrogens with zero attached hydrogens (tertiary/aromatic N) is 5. The number of piperidine rings is 1. The van der Waals surface area contributed by atoms with Crippen LogP contribution in [0.5, 0.6) is 5.88 Å². The highest BCUT2D eigenvalue weighted by Gasteiger charge is 2.26. The third-order valence-corrected chi connectivity index (χ3v) is 8.09. The van der Waals surface area contributed by atoms with E-state index in [0.717, 1.165) is 74.6 Å². The van der Waals surface area contributed by atoms with Crippen LogP contribution in [-0.2, 0) is 24.3 Å². The van der Waals surface area contributed by atoms with Crippen molar-refractivity contribution in [3.63, 3.8) is 0 Å². The van der Waals surface area contributed by atoms with Gasteiger partial charge in [0.15, 0.2) is 5.78 Å². The van der Waals surface area contributed by atoms with Crippen molar-refractivity contribution in [2.24, 2.45) is 5.92 Å². The minimum atomic E-state index is -0.463. The van der Waals surface area contributed by atoms with Gasteiger partial charge in [0.2, 0.25) is 5.88 Å². The average molecular weight is 554 g/mol. The van der Waals surface area contributed by atoms with Gasteiger partial charge in [-0.2, -0.15) is 10.2 Å². The molecule has 9 heteroatoms. The summed E-state index contributed by atoms with van der Waals surface area (Å²) in [6, 6.07) is 17.7. The van der Waals surface area contributed by atoms with Crippen LogP contribution >= 0.6 is 0 Å². The number of imidazole rings is 1.